The van der Waals surface area contributed by atoms with E-state index < -0.39 is 17.7 Å². The molecule has 1 aliphatic rings. The molecule has 0 atom stereocenters. The van der Waals surface area contributed by atoms with Gasteiger partial charge in [-0.25, -0.2) is 13.6 Å². The van der Waals surface area contributed by atoms with Crippen LogP contribution in [0.1, 0.15) is 5.56 Å². The molecular formula is C11H10F2N2O2. The number of rotatable bonds is 3. The molecule has 1 saturated heterocycles. The van der Waals surface area contributed by atoms with Crippen molar-refractivity contribution in [3.63, 3.8) is 0 Å². The standard InChI is InChI=1S/C11H10F2N2O2/c12-8-3-7(4-9(13)5-8)1-2-15-10(16)6-14-11(15)17/h3-5H,1-2,6H2,(H,14,17). The van der Waals surface area contributed by atoms with Gasteiger partial charge < -0.3 is 5.32 Å². The fourth-order valence-electron chi connectivity index (χ4n) is 1.68. The molecule has 0 aromatic heterocycles. The van der Waals surface area contributed by atoms with E-state index in [0.717, 1.165) is 11.0 Å². The van der Waals surface area contributed by atoms with Crippen molar-refractivity contribution < 1.29 is 18.4 Å². The summed E-state index contributed by atoms with van der Waals surface area (Å²) in [6.07, 6.45) is 0.230. The van der Waals surface area contributed by atoms with Crippen LogP contribution in [0.2, 0.25) is 0 Å². The maximum absolute atomic E-state index is 12.9. The number of nitrogens with one attached hydrogen (secondary N) is 1. The molecule has 0 spiro atoms. The third kappa shape index (κ3) is 2.58. The minimum atomic E-state index is -0.669. The van der Waals surface area contributed by atoms with E-state index in [4.69, 9.17) is 0 Å². The molecule has 0 unspecified atom stereocenters. The molecule has 0 bridgehead atoms. The van der Waals surface area contributed by atoms with Crippen LogP contribution in [0.15, 0.2) is 18.2 Å². The van der Waals surface area contributed by atoms with Crippen LogP contribution < -0.4 is 5.32 Å². The van der Waals surface area contributed by atoms with Crippen molar-refractivity contribution in [1.82, 2.24) is 10.2 Å². The largest absolute Gasteiger partial charge is 0.329 e. The van der Waals surface area contributed by atoms with Crippen LogP contribution >= 0.6 is 0 Å². The van der Waals surface area contributed by atoms with E-state index in [1.54, 1.807) is 0 Å². The highest BCUT2D eigenvalue weighted by atomic mass is 19.1. The Morgan fingerprint density at radius 3 is 2.35 bits per heavy atom. The van der Waals surface area contributed by atoms with Crippen LogP contribution in [0, 0.1) is 11.6 Å². The average molecular weight is 240 g/mol. The maximum Gasteiger partial charge on any atom is 0.324 e. The zero-order chi connectivity index (χ0) is 12.4. The number of imide groups is 1. The van der Waals surface area contributed by atoms with E-state index in [9.17, 15) is 18.4 Å². The van der Waals surface area contributed by atoms with Crippen molar-refractivity contribution in [1.29, 1.82) is 0 Å². The van der Waals surface area contributed by atoms with Crippen molar-refractivity contribution >= 4 is 11.9 Å². The highest BCUT2D eigenvalue weighted by Gasteiger charge is 2.27. The number of carbonyl (C=O) groups excluding carboxylic acids is 2. The normalized spacial score (nSPS) is 15.3. The fraction of sp³-hybridized carbons (Fsp3) is 0.273. The quantitative estimate of drug-likeness (QED) is 0.803. The third-order valence-corrected chi connectivity index (χ3v) is 2.48. The summed E-state index contributed by atoms with van der Waals surface area (Å²) in [5.74, 6) is -1.67. The molecule has 17 heavy (non-hydrogen) atoms. The highest BCUT2D eigenvalue weighted by Crippen LogP contribution is 2.10. The Kier molecular flexibility index (Phi) is 3.03. The van der Waals surface area contributed by atoms with E-state index in [-0.39, 0.29) is 25.4 Å². The number of benzene rings is 1. The topological polar surface area (TPSA) is 49.4 Å². The molecule has 4 nitrogen and oxygen atoms in total. The lowest BCUT2D eigenvalue weighted by molar-refractivity contribution is -0.124. The van der Waals surface area contributed by atoms with Gasteiger partial charge in [0.2, 0.25) is 5.91 Å². The summed E-state index contributed by atoms with van der Waals surface area (Å²) < 4.78 is 25.8. The molecule has 1 aliphatic heterocycles. The maximum atomic E-state index is 12.9. The summed E-state index contributed by atoms with van der Waals surface area (Å²) in [7, 11) is 0. The summed E-state index contributed by atoms with van der Waals surface area (Å²) in [6.45, 7) is 0.101. The SMILES string of the molecule is O=C1CNC(=O)N1CCc1cc(F)cc(F)c1. The van der Waals surface area contributed by atoms with Gasteiger partial charge in [-0.2, -0.15) is 0 Å². The Morgan fingerprint density at radius 2 is 1.82 bits per heavy atom. The van der Waals surface area contributed by atoms with Crippen molar-refractivity contribution in [2.45, 2.75) is 6.42 Å². The van der Waals surface area contributed by atoms with Gasteiger partial charge >= 0.3 is 6.03 Å². The molecule has 2 rings (SSSR count). The Bertz CT molecular complexity index is 440. The second kappa shape index (κ2) is 4.48. The Balaban J connectivity index is 2.02. The first-order valence-electron chi connectivity index (χ1n) is 5.09. The van der Waals surface area contributed by atoms with Gasteiger partial charge in [-0.15, -0.1) is 0 Å². The van der Waals surface area contributed by atoms with Crippen LogP contribution in [0.4, 0.5) is 13.6 Å². The minimum absolute atomic E-state index is 0.0175. The Labute approximate surface area is 96.2 Å². The molecular weight excluding hydrogens is 230 g/mol. The zero-order valence-electron chi connectivity index (χ0n) is 8.87. The molecule has 6 heteroatoms. The van der Waals surface area contributed by atoms with Crippen LogP contribution in [0.3, 0.4) is 0 Å². The monoisotopic (exact) mass is 240 g/mol. The molecule has 0 aliphatic carbocycles. The number of amides is 3. The zero-order valence-corrected chi connectivity index (χ0v) is 8.87. The van der Waals surface area contributed by atoms with E-state index in [2.05, 4.69) is 5.32 Å². The van der Waals surface area contributed by atoms with E-state index in [0.29, 0.717) is 5.56 Å². The van der Waals surface area contributed by atoms with Crippen molar-refractivity contribution in [3.05, 3.63) is 35.4 Å². The van der Waals surface area contributed by atoms with E-state index >= 15 is 0 Å². The first kappa shape index (κ1) is 11.5. The Hall–Kier alpha value is -1.98. The third-order valence-electron chi connectivity index (χ3n) is 2.48. The summed E-state index contributed by atoms with van der Waals surface area (Å²) in [5, 5.41) is 2.37. The van der Waals surface area contributed by atoms with Crippen molar-refractivity contribution in [2.75, 3.05) is 13.1 Å². The van der Waals surface area contributed by atoms with Crippen molar-refractivity contribution in [2.24, 2.45) is 0 Å². The molecule has 1 aromatic rings. The predicted molar refractivity (Wildman–Crippen MR) is 55.2 cm³/mol. The van der Waals surface area contributed by atoms with Crippen LogP contribution in [-0.4, -0.2) is 29.9 Å². The number of hydrogen-bond acceptors (Lipinski definition) is 2. The molecule has 0 saturated carbocycles. The van der Waals surface area contributed by atoms with Gasteiger partial charge in [0.25, 0.3) is 0 Å². The Morgan fingerprint density at radius 1 is 1.18 bits per heavy atom. The molecule has 3 amide bonds. The minimum Gasteiger partial charge on any atom is -0.329 e. The fourth-order valence-corrected chi connectivity index (χ4v) is 1.68. The lowest BCUT2D eigenvalue weighted by Crippen LogP contribution is -2.32. The van der Waals surface area contributed by atoms with Gasteiger partial charge in [0.05, 0.1) is 6.54 Å². The lowest BCUT2D eigenvalue weighted by Gasteiger charge is -2.11. The molecule has 0 radical (unpaired) electrons. The van der Waals surface area contributed by atoms with Crippen LogP contribution in [0.25, 0.3) is 0 Å². The predicted octanol–water partition coefficient (Wildman–Crippen LogP) is 1.06. The second-order valence-electron chi connectivity index (χ2n) is 3.73. The smallest absolute Gasteiger partial charge is 0.324 e. The molecule has 1 aromatic carbocycles. The number of halogens is 2. The molecule has 90 valence electrons. The molecule has 1 N–H and O–H groups in total. The summed E-state index contributed by atoms with van der Waals surface area (Å²) in [4.78, 5) is 23.5. The summed E-state index contributed by atoms with van der Waals surface area (Å²) in [6, 6.07) is 2.67. The summed E-state index contributed by atoms with van der Waals surface area (Å²) >= 11 is 0. The number of nitrogens with zero attached hydrogens (tertiary/aromatic N) is 1. The second-order valence-corrected chi connectivity index (χ2v) is 3.73. The number of carbonyl (C=O) groups is 2. The van der Waals surface area contributed by atoms with Gasteiger partial charge in [0.15, 0.2) is 0 Å². The highest BCUT2D eigenvalue weighted by molar-refractivity contribution is 6.01. The van der Waals surface area contributed by atoms with Gasteiger partial charge in [-0.05, 0) is 24.1 Å². The van der Waals surface area contributed by atoms with Gasteiger partial charge in [0.1, 0.15) is 11.6 Å². The van der Waals surface area contributed by atoms with Crippen LogP contribution in [-0.2, 0) is 11.2 Å². The lowest BCUT2D eigenvalue weighted by atomic mass is 10.1. The number of hydrogen-bond donors (Lipinski definition) is 1. The van der Waals surface area contributed by atoms with Gasteiger partial charge in [0, 0.05) is 12.6 Å². The first-order valence-corrected chi connectivity index (χ1v) is 5.09. The molecule has 1 fully saturated rings. The first-order chi connectivity index (χ1) is 8.06. The van der Waals surface area contributed by atoms with Gasteiger partial charge in [-0.1, -0.05) is 0 Å². The van der Waals surface area contributed by atoms with E-state index in [1.807, 2.05) is 0 Å². The number of urea groups is 1. The van der Waals surface area contributed by atoms with Crippen LogP contribution in [0.5, 0.6) is 0 Å². The average Bonchev–Trinajstić information content (AvgIpc) is 2.55. The molecule has 1 heterocycles. The summed E-state index contributed by atoms with van der Waals surface area (Å²) in [5.41, 5.74) is 0.412. The van der Waals surface area contributed by atoms with E-state index in [1.165, 1.54) is 12.1 Å². The van der Waals surface area contributed by atoms with Crippen molar-refractivity contribution in [3.8, 4) is 0 Å². The van der Waals surface area contributed by atoms with Gasteiger partial charge in [-0.3, -0.25) is 9.69 Å².